The third kappa shape index (κ3) is 3.63. The molecule has 3 nitrogen and oxygen atoms in total. The minimum absolute atomic E-state index is 0.342. The summed E-state index contributed by atoms with van der Waals surface area (Å²) < 4.78 is 17.1. The highest BCUT2D eigenvalue weighted by Crippen LogP contribution is 2.26. The Morgan fingerprint density at radius 2 is 2.33 bits per heavy atom. The summed E-state index contributed by atoms with van der Waals surface area (Å²) in [6.07, 6.45) is 1.27. The van der Waals surface area contributed by atoms with Gasteiger partial charge in [0.15, 0.2) is 0 Å². The molecule has 0 saturated heterocycles. The molecule has 0 bridgehead atoms. The van der Waals surface area contributed by atoms with E-state index in [0.717, 1.165) is 0 Å². The van der Waals surface area contributed by atoms with Gasteiger partial charge in [-0.1, -0.05) is 11.8 Å². The van der Waals surface area contributed by atoms with Crippen LogP contribution in [-0.4, -0.2) is 13.1 Å². The van der Waals surface area contributed by atoms with Gasteiger partial charge >= 0.3 is 5.97 Å². The Kier molecular flexibility index (Phi) is 4.17. The summed E-state index contributed by atoms with van der Waals surface area (Å²) in [7, 11) is 1.30. The Balaban J connectivity index is 2.65. The van der Waals surface area contributed by atoms with E-state index in [1.807, 2.05) is 0 Å². The standard InChI is InChI=1S/C10H10FNO2S/c1-14-10(13)4-5-15-9-3-2-7(11)6-8(9)12/h2-6H,12H2,1H3. The minimum Gasteiger partial charge on any atom is -0.466 e. The van der Waals surface area contributed by atoms with Crippen LogP contribution in [0, 0.1) is 5.82 Å². The normalized spacial score (nSPS) is 10.5. The van der Waals surface area contributed by atoms with E-state index in [2.05, 4.69) is 4.74 Å². The molecule has 5 heteroatoms. The first-order chi connectivity index (χ1) is 7.13. The van der Waals surface area contributed by atoms with Crippen molar-refractivity contribution < 1.29 is 13.9 Å². The van der Waals surface area contributed by atoms with Gasteiger partial charge in [-0.05, 0) is 23.6 Å². The van der Waals surface area contributed by atoms with E-state index >= 15 is 0 Å². The first kappa shape index (κ1) is 11.6. The van der Waals surface area contributed by atoms with Crippen LogP contribution in [0.1, 0.15) is 0 Å². The van der Waals surface area contributed by atoms with Crippen LogP contribution in [0.3, 0.4) is 0 Å². The van der Waals surface area contributed by atoms with Crippen LogP contribution in [0.4, 0.5) is 10.1 Å². The zero-order chi connectivity index (χ0) is 11.3. The lowest BCUT2D eigenvalue weighted by Crippen LogP contribution is -1.93. The van der Waals surface area contributed by atoms with Gasteiger partial charge in [0.05, 0.1) is 7.11 Å². The third-order valence-electron chi connectivity index (χ3n) is 1.57. The zero-order valence-corrected chi connectivity index (χ0v) is 8.88. The molecule has 1 aromatic carbocycles. The number of benzene rings is 1. The summed E-state index contributed by atoms with van der Waals surface area (Å²) in [5.41, 5.74) is 5.90. The van der Waals surface area contributed by atoms with Gasteiger partial charge in [0.2, 0.25) is 0 Å². The van der Waals surface area contributed by atoms with E-state index in [0.29, 0.717) is 10.6 Å². The highest BCUT2D eigenvalue weighted by Gasteiger charge is 1.99. The smallest absolute Gasteiger partial charge is 0.330 e. The largest absolute Gasteiger partial charge is 0.466 e. The average Bonchev–Trinajstić information content (AvgIpc) is 2.21. The first-order valence-corrected chi connectivity index (χ1v) is 4.97. The molecule has 0 fully saturated rings. The van der Waals surface area contributed by atoms with Crippen molar-refractivity contribution in [1.29, 1.82) is 0 Å². The van der Waals surface area contributed by atoms with Crippen molar-refractivity contribution in [1.82, 2.24) is 0 Å². The predicted octanol–water partition coefficient (Wildman–Crippen LogP) is 2.19. The third-order valence-corrected chi connectivity index (χ3v) is 2.47. The summed E-state index contributed by atoms with van der Waals surface area (Å²) in [5, 5.41) is 1.54. The SMILES string of the molecule is COC(=O)C=CSc1ccc(F)cc1N. The van der Waals surface area contributed by atoms with Crippen molar-refractivity contribution in [3.8, 4) is 0 Å². The van der Waals surface area contributed by atoms with E-state index in [-0.39, 0.29) is 5.82 Å². The van der Waals surface area contributed by atoms with Gasteiger partial charge in [-0.15, -0.1) is 0 Å². The summed E-state index contributed by atoms with van der Waals surface area (Å²) in [4.78, 5) is 11.4. The lowest BCUT2D eigenvalue weighted by Gasteiger charge is -2.01. The zero-order valence-electron chi connectivity index (χ0n) is 8.07. The second-order valence-electron chi connectivity index (χ2n) is 2.63. The Bertz CT molecular complexity index is 393. The van der Waals surface area contributed by atoms with Crippen molar-refractivity contribution in [2.75, 3.05) is 12.8 Å². The molecule has 2 N–H and O–H groups in total. The number of nitrogens with two attached hydrogens (primary N) is 1. The van der Waals surface area contributed by atoms with Crippen molar-refractivity contribution >= 4 is 23.4 Å². The topological polar surface area (TPSA) is 52.3 Å². The summed E-state index contributed by atoms with van der Waals surface area (Å²) in [6.45, 7) is 0. The fourth-order valence-corrected chi connectivity index (χ4v) is 1.52. The number of thioether (sulfide) groups is 1. The van der Waals surface area contributed by atoms with E-state index in [1.165, 1.54) is 42.5 Å². The van der Waals surface area contributed by atoms with Gasteiger partial charge in [0.1, 0.15) is 5.82 Å². The molecule has 80 valence electrons. The first-order valence-electron chi connectivity index (χ1n) is 4.09. The molecule has 0 atom stereocenters. The number of nitrogen functional groups attached to an aromatic ring is 1. The van der Waals surface area contributed by atoms with Crippen LogP contribution in [0.2, 0.25) is 0 Å². The Labute approximate surface area is 91.1 Å². The van der Waals surface area contributed by atoms with Crippen LogP contribution in [-0.2, 0) is 9.53 Å². The predicted molar refractivity (Wildman–Crippen MR) is 57.8 cm³/mol. The van der Waals surface area contributed by atoms with Gasteiger partial charge in [-0.2, -0.15) is 0 Å². The number of hydrogen-bond donors (Lipinski definition) is 1. The number of anilines is 1. The second-order valence-corrected chi connectivity index (χ2v) is 3.57. The molecule has 0 radical (unpaired) electrons. The molecular weight excluding hydrogens is 217 g/mol. The van der Waals surface area contributed by atoms with E-state index in [9.17, 15) is 9.18 Å². The molecule has 0 aliphatic rings. The lowest BCUT2D eigenvalue weighted by atomic mass is 10.3. The van der Waals surface area contributed by atoms with Crippen molar-refractivity contribution in [3.05, 3.63) is 35.5 Å². The van der Waals surface area contributed by atoms with Crippen LogP contribution in [0.15, 0.2) is 34.6 Å². The van der Waals surface area contributed by atoms with Gasteiger partial charge in [-0.25, -0.2) is 9.18 Å². The number of carbonyl (C=O) groups excluding carboxylic acids is 1. The highest BCUT2D eigenvalue weighted by molar-refractivity contribution is 8.02. The van der Waals surface area contributed by atoms with E-state index in [1.54, 1.807) is 6.07 Å². The maximum Gasteiger partial charge on any atom is 0.330 e. The molecule has 1 aromatic rings. The molecule has 0 saturated carbocycles. The van der Waals surface area contributed by atoms with E-state index in [4.69, 9.17) is 5.73 Å². The average molecular weight is 227 g/mol. The number of hydrogen-bond acceptors (Lipinski definition) is 4. The molecule has 0 unspecified atom stereocenters. The van der Waals surface area contributed by atoms with Crippen LogP contribution >= 0.6 is 11.8 Å². The van der Waals surface area contributed by atoms with Crippen LogP contribution < -0.4 is 5.73 Å². The Morgan fingerprint density at radius 1 is 1.60 bits per heavy atom. The summed E-state index contributed by atoms with van der Waals surface area (Å²) in [6, 6.07) is 4.09. The number of carbonyl (C=O) groups is 1. The highest BCUT2D eigenvalue weighted by atomic mass is 32.2. The maximum absolute atomic E-state index is 12.7. The minimum atomic E-state index is -0.441. The molecule has 1 rings (SSSR count). The number of rotatable bonds is 3. The lowest BCUT2D eigenvalue weighted by molar-refractivity contribution is -0.134. The number of ether oxygens (including phenoxy) is 1. The molecule has 0 aromatic heterocycles. The number of methoxy groups -OCH3 is 1. The second kappa shape index (κ2) is 5.41. The molecule has 0 aliphatic heterocycles. The molecule has 0 spiro atoms. The van der Waals surface area contributed by atoms with Gasteiger partial charge in [-0.3, -0.25) is 0 Å². The quantitative estimate of drug-likeness (QED) is 0.372. The maximum atomic E-state index is 12.7. The number of esters is 1. The van der Waals surface area contributed by atoms with Crippen LogP contribution in [0.25, 0.3) is 0 Å². The molecule has 0 aliphatic carbocycles. The fourth-order valence-electron chi connectivity index (χ4n) is 0.858. The van der Waals surface area contributed by atoms with Crippen molar-refractivity contribution in [2.45, 2.75) is 4.90 Å². The Hall–Kier alpha value is -1.49. The molecule has 15 heavy (non-hydrogen) atoms. The number of halogens is 1. The van der Waals surface area contributed by atoms with Crippen molar-refractivity contribution in [2.24, 2.45) is 0 Å². The van der Waals surface area contributed by atoms with Crippen molar-refractivity contribution in [3.63, 3.8) is 0 Å². The fraction of sp³-hybridized carbons (Fsp3) is 0.100. The Morgan fingerprint density at radius 3 is 2.93 bits per heavy atom. The summed E-state index contributed by atoms with van der Waals surface area (Å²) >= 11 is 1.23. The van der Waals surface area contributed by atoms with Crippen LogP contribution in [0.5, 0.6) is 0 Å². The monoisotopic (exact) mass is 227 g/mol. The van der Waals surface area contributed by atoms with Gasteiger partial charge < -0.3 is 10.5 Å². The molecular formula is C10H10FNO2S. The molecule has 0 amide bonds. The van der Waals surface area contributed by atoms with E-state index < -0.39 is 5.97 Å². The van der Waals surface area contributed by atoms with Gasteiger partial charge in [0, 0.05) is 16.7 Å². The van der Waals surface area contributed by atoms with Gasteiger partial charge in [0.25, 0.3) is 0 Å². The summed E-state index contributed by atoms with van der Waals surface area (Å²) in [5.74, 6) is -0.822. The molecule has 0 heterocycles.